The molecule has 32 heavy (non-hydrogen) atoms. The molecule has 2 N–H and O–H groups in total. The van der Waals surface area contributed by atoms with E-state index in [4.69, 9.17) is 4.74 Å². The summed E-state index contributed by atoms with van der Waals surface area (Å²) >= 11 is 0. The monoisotopic (exact) mass is 467 g/mol. The van der Waals surface area contributed by atoms with Crippen LogP contribution in [0.4, 0.5) is 10.5 Å². The Morgan fingerprint density at radius 3 is 2.28 bits per heavy atom. The Kier molecular flexibility index (Phi) is 8.46. The second kappa shape index (κ2) is 11.1. The first-order chi connectivity index (χ1) is 15.3. The number of carbonyl (C=O) groups is 2. The molecule has 0 unspecified atom stereocenters. The lowest BCUT2D eigenvalue weighted by atomic mass is 9.96. The molecule has 1 aliphatic carbocycles. The van der Waals surface area contributed by atoms with Crippen molar-refractivity contribution in [1.82, 2.24) is 18.8 Å². The number of ether oxygens (including phenoxy) is 1. The summed E-state index contributed by atoms with van der Waals surface area (Å²) in [6.07, 6.45) is 5.13. The molecule has 0 atom stereocenters. The summed E-state index contributed by atoms with van der Waals surface area (Å²) in [4.78, 5) is 26.1. The highest BCUT2D eigenvalue weighted by Gasteiger charge is 2.34. The molecule has 3 rings (SSSR count). The fraction of sp³-hybridized carbons (Fsp3) is 0.619. The lowest BCUT2D eigenvalue weighted by Gasteiger charge is -2.38. The third kappa shape index (κ3) is 6.41. The zero-order chi connectivity index (χ0) is 23.1. The van der Waals surface area contributed by atoms with Gasteiger partial charge in [-0.2, -0.15) is 17.0 Å². The van der Waals surface area contributed by atoms with Crippen LogP contribution in [0.3, 0.4) is 0 Å². The van der Waals surface area contributed by atoms with Crippen molar-refractivity contribution >= 4 is 27.8 Å². The Morgan fingerprint density at radius 1 is 1.06 bits per heavy atom. The third-order valence-electron chi connectivity index (χ3n) is 6.08. The second-order valence-corrected chi connectivity index (χ2v) is 10.2. The van der Waals surface area contributed by atoms with Crippen LogP contribution in [0.5, 0.6) is 5.75 Å². The molecule has 2 fully saturated rings. The Bertz CT molecular complexity index is 878. The minimum Gasteiger partial charge on any atom is -0.497 e. The van der Waals surface area contributed by atoms with Crippen LogP contribution in [-0.2, 0) is 15.0 Å². The normalized spacial score (nSPS) is 19.0. The molecule has 1 saturated heterocycles. The highest BCUT2D eigenvalue weighted by Crippen LogP contribution is 2.25. The van der Waals surface area contributed by atoms with E-state index < -0.39 is 22.1 Å². The van der Waals surface area contributed by atoms with Gasteiger partial charge in [0.15, 0.2) is 0 Å². The molecule has 178 valence electrons. The highest BCUT2D eigenvalue weighted by molar-refractivity contribution is 7.86. The number of nitrogens with zero attached hydrogens (tertiary/aromatic N) is 3. The number of anilines is 1. The van der Waals surface area contributed by atoms with Gasteiger partial charge in [0.1, 0.15) is 5.75 Å². The zero-order valence-corrected chi connectivity index (χ0v) is 19.6. The van der Waals surface area contributed by atoms with Gasteiger partial charge in [-0.15, -0.1) is 0 Å². The maximum Gasteiger partial charge on any atom is 0.325 e. The molecule has 1 heterocycles. The standard InChI is InChI=1S/C21H33N5O5S/c1-24(18-6-4-3-5-7-18)32(29,30)26-14-12-25(13-15-26)16-20(27)23-21(28)22-17-8-10-19(31-2)11-9-17/h8-11,18H,3-7,12-16H2,1-2H3,(H2,22,23,27,28). The number of methoxy groups -OCH3 is 1. The average molecular weight is 468 g/mol. The van der Waals surface area contributed by atoms with Crippen LogP contribution in [0.25, 0.3) is 0 Å². The molecule has 0 bridgehead atoms. The number of urea groups is 1. The van der Waals surface area contributed by atoms with E-state index in [1.165, 1.54) is 15.0 Å². The van der Waals surface area contributed by atoms with Crippen molar-refractivity contribution in [2.75, 3.05) is 52.2 Å². The molecule has 0 spiro atoms. The smallest absolute Gasteiger partial charge is 0.325 e. The molecule has 10 nitrogen and oxygen atoms in total. The molecule has 11 heteroatoms. The van der Waals surface area contributed by atoms with Crippen molar-refractivity contribution in [3.8, 4) is 5.75 Å². The summed E-state index contributed by atoms with van der Waals surface area (Å²) < 4.78 is 34.0. The van der Waals surface area contributed by atoms with E-state index in [0.29, 0.717) is 37.6 Å². The van der Waals surface area contributed by atoms with Crippen molar-refractivity contribution < 1.29 is 22.7 Å². The Hall–Kier alpha value is -2.21. The minimum absolute atomic E-state index is 0.0301. The first kappa shape index (κ1) is 24.4. The quantitative estimate of drug-likeness (QED) is 0.628. The van der Waals surface area contributed by atoms with Gasteiger partial charge in [-0.3, -0.25) is 15.0 Å². The van der Waals surface area contributed by atoms with E-state index in [0.717, 1.165) is 25.7 Å². The predicted octanol–water partition coefficient (Wildman–Crippen LogP) is 1.47. The van der Waals surface area contributed by atoms with Crippen LogP contribution in [-0.4, -0.2) is 86.8 Å². The van der Waals surface area contributed by atoms with Gasteiger partial charge in [0.25, 0.3) is 10.2 Å². The molecular weight excluding hydrogens is 434 g/mol. The minimum atomic E-state index is -3.51. The molecular formula is C21H33N5O5S. The number of carbonyl (C=O) groups excluding carboxylic acids is 2. The zero-order valence-electron chi connectivity index (χ0n) is 18.7. The fourth-order valence-electron chi connectivity index (χ4n) is 4.14. The van der Waals surface area contributed by atoms with Gasteiger partial charge in [-0.1, -0.05) is 19.3 Å². The van der Waals surface area contributed by atoms with Crippen LogP contribution in [0.2, 0.25) is 0 Å². The summed E-state index contributed by atoms with van der Waals surface area (Å²) in [6, 6.07) is 6.21. The van der Waals surface area contributed by atoms with E-state index in [2.05, 4.69) is 10.6 Å². The molecule has 0 radical (unpaired) electrons. The summed E-state index contributed by atoms with van der Waals surface area (Å²) in [5.41, 5.74) is 0.539. The number of rotatable bonds is 7. The van der Waals surface area contributed by atoms with Crippen molar-refractivity contribution in [2.45, 2.75) is 38.1 Å². The summed E-state index contributed by atoms with van der Waals surface area (Å²) in [7, 11) is -0.279. The van der Waals surface area contributed by atoms with E-state index in [9.17, 15) is 18.0 Å². The molecule has 1 aromatic carbocycles. The lowest BCUT2D eigenvalue weighted by Crippen LogP contribution is -2.55. The second-order valence-electron chi connectivity index (χ2n) is 8.22. The Morgan fingerprint density at radius 2 is 1.69 bits per heavy atom. The van der Waals surface area contributed by atoms with Gasteiger partial charge in [-0.05, 0) is 37.1 Å². The van der Waals surface area contributed by atoms with Crippen LogP contribution >= 0.6 is 0 Å². The van der Waals surface area contributed by atoms with E-state index in [-0.39, 0.29) is 12.6 Å². The van der Waals surface area contributed by atoms with Gasteiger partial charge in [-0.25, -0.2) is 4.79 Å². The number of nitrogens with one attached hydrogen (secondary N) is 2. The van der Waals surface area contributed by atoms with Crippen LogP contribution in [0.1, 0.15) is 32.1 Å². The summed E-state index contributed by atoms with van der Waals surface area (Å²) in [6.45, 7) is 1.55. The number of hydrogen-bond donors (Lipinski definition) is 2. The van der Waals surface area contributed by atoms with Crippen molar-refractivity contribution in [3.63, 3.8) is 0 Å². The van der Waals surface area contributed by atoms with Crippen molar-refractivity contribution in [1.29, 1.82) is 0 Å². The predicted molar refractivity (Wildman–Crippen MR) is 122 cm³/mol. The van der Waals surface area contributed by atoms with Gasteiger partial charge >= 0.3 is 6.03 Å². The molecule has 1 saturated carbocycles. The first-order valence-electron chi connectivity index (χ1n) is 11.0. The van der Waals surface area contributed by atoms with Crippen LogP contribution < -0.4 is 15.4 Å². The van der Waals surface area contributed by atoms with Gasteiger partial charge in [0.2, 0.25) is 5.91 Å². The molecule has 3 amide bonds. The number of piperazine rings is 1. The summed E-state index contributed by atoms with van der Waals surface area (Å²) in [5.74, 6) is 0.227. The first-order valence-corrected chi connectivity index (χ1v) is 12.4. The topological polar surface area (TPSA) is 111 Å². The number of imide groups is 1. The van der Waals surface area contributed by atoms with Crippen LogP contribution in [0, 0.1) is 0 Å². The van der Waals surface area contributed by atoms with Crippen molar-refractivity contribution in [2.24, 2.45) is 0 Å². The molecule has 1 aromatic rings. The van der Waals surface area contributed by atoms with E-state index in [1.807, 2.05) is 4.90 Å². The maximum absolute atomic E-state index is 13.0. The Labute approximate surface area is 190 Å². The highest BCUT2D eigenvalue weighted by atomic mass is 32.2. The SMILES string of the molecule is COc1ccc(NC(=O)NC(=O)CN2CCN(S(=O)(=O)N(C)C3CCCCC3)CC2)cc1. The number of amides is 3. The lowest BCUT2D eigenvalue weighted by molar-refractivity contribution is -0.121. The maximum atomic E-state index is 13.0. The molecule has 1 aliphatic heterocycles. The van der Waals surface area contributed by atoms with Gasteiger partial charge in [0.05, 0.1) is 13.7 Å². The van der Waals surface area contributed by atoms with Gasteiger partial charge < -0.3 is 10.1 Å². The Balaban J connectivity index is 1.42. The van der Waals surface area contributed by atoms with Crippen molar-refractivity contribution in [3.05, 3.63) is 24.3 Å². The third-order valence-corrected chi connectivity index (χ3v) is 8.12. The number of hydrogen-bond acceptors (Lipinski definition) is 6. The fourth-order valence-corrected chi connectivity index (χ4v) is 5.72. The summed E-state index contributed by atoms with van der Waals surface area (Å²) in [5, 5.41) is 4.90. The molecule has 2 aliphatic rings. The number of benzene rings is 1. The van der Waals surface area contributed by atoms with E-state index in [1.54, 1.807) is 38.4 Å². The average Bonchev–Trinajstić information content (AvgIpc) is 2.79. The molecule has 0 aromatic heterocycles. The largest absolute Gasteiger partial charge is 0.497 e. The van der Waals surface area contributed by atoms with Crippen LogP contribution in [0.15, 0.2) is 24.3 Å². The van der Waals surface area contributed by atoms with E-state index >= 15 is 0 Å². The van der Waals surface area contributed by atoms with Gasteiger partial charge in [0, 0.05) is 45.0 Å².